The molecule has 0 unspecified atom stereocenters. The fourth-order valence-electron chi connectivity index (χ4n) is 1.83. The molecular formula is C15H13BrN2O4. The molecule has 0 aliphatic heterocycles. The van der Waals surface area contributed by atoms with Crippen LogP contribution in [0.25, 0.3) is 0 Å². The van der Waals surface area contributed by atoms with Crippen LogP contribution in [0.1, 0.15) is 10.4 Å². The van der Waals surface area contributed by atoms with Crippen LogP contribution in [0.3, 0.4) is 0 Å². The number of ketones is 1. The Morgan fingerprint density at radius 3 is 2.50 bits per heavy atom. The Bertz CT molecular complexity index is 701. The fraction of sp³-hybridized carbons (Fsp3) is 0.133. The van der Waals surface area contributed by atoms with Crippen LogP contribution in [-0.4, -0.2) is 24.4 Å². The zero-order valence-corrected chi connectivity index (χ0v) is 13.3. The van der Waals surface area contributed by atoms with Crippen molar-refractivity contribution < 1.29 is 14.5 Å². The Kier molecular flexibility index (Phi) is 5.11. The third-order valence-corrected chi connectivity index (χ3v) is 3.62. The van der Waals surface area contributed by atoms with Crippen LogP contribution in [0.5, 0.6) is 5.75 Å². The van der Waals surface area contributed by atoms with E-state index in [0.717, 1.165) is 0 Å². The molecule has 1 N–H and O–H groups in total. The molecule has 0 aromatic heterocycles. The average Bonchev–Trinajstić information content (AvgIpc) is 2.52. The van der Waals surface area contributed by atoms with Crippen molar-refractivity contribution in [1.82, 2.24) is 0 Å². The number of non-ortho nitro benzene ring substituents is 1. The molecule has 2 rings (SSSR count). The quantitative estimate of drug-likeness (QED) is 0.480. The molecule has 0 saturated heterocycles. The van der Waals surface area contributed by atoms with Gasteiger partial charge in [0, 0.05) is 23.4 Å². The standard InChI is InChI=1S/C15H13BrN2O4/c1-22-15-7-2-10(8-13(15)16)14(19)9-17-11-3-5-12(6-4-11)18(20)21/h2-8,17H,9H2,1H3. The SMILES string of the molecule is COc1ccc(C(=O)CNc2ccc([N+](=O)[O-])cc2)cc1Br. The normalized spacial score (nSPS) is 10.1. The second kappa shape index (κ2) is 7.04. The Balaban J connectivity index is 2.00. The predicted molar refractivity (Wildman–Crippen MR) is 86.6 cm³/mol. The molecule has 0 fully saturated rings. The van der Waals surface area contributed by atoms with E-state index in [1.54, 1.807) is 37.4 Å². The maximum Gasteiger partial charge on any atom is 0.269 e. The summed E-state index contributed by atoms with van der Waals surface area (Å²) < 4.78 is 5.82. The third kappa shape index (κ3) is 3.82. The Hall–Kier alpha value is -2.41. The molecule has 7 heteroatoms. The molecule has 22 heavy (non-hydrogen) atoms. The van der Waals surface area contributed by atoms with E-state index in [2.05, 4.69) is 21.2 Å². The number of hydrogen-bond acceptors (Lipinski definition) is 5. The van der Waals surface area contributed by atoms with Gasteiger partial charge < -0.3 is 10.1 Å². The summed E-state index contributed by atoms with van der Waals surface area (Å²) in [5.41, 5.74) is 1.20. The van der Waals surface area contributed by atoms with E-state index in [1.165, 1.54) is 12.1 Å². The van der Waals surface area contributed by atoms with E-state index in [0.29, 0.717) is 21.5 Å². The third-order valence-electron chi connectivity index (χ3n) is 3.00. The molecule has 2 aromatic carbocycles. The highest BCUT2D eigenvalue weighted by Crippen LogP contribution is 2.25. The van der Waals surface area contributed by atoms with Gasteiger partial charge in [0.05, 0.1) is 23.1 Å². The van der Waals surface area contributed by atoms with Crippen molar-refractivity contribution in [2.75, 3.05) is 19.0 Å². The summed E-state index contributed by atoms with van der Waals surface area (Å²) in [6.45, 7) is 0.0938. The fourth-order valence-corrected chi connectivity index (χ4v) is 2.37. The first-order valence-electron chi connectivity index (χ1n) is 6.36. The van der Waals surface area contributed by atoms with E-state index in [1.807, 2.05) is 0 Å². The zero-order valence-electron chi connectivity index (χ0n) is 11.7. The largest absolute Gasteiger partial charge is 0.496 e. The number of ether oxygens (including phenoxy) is 1. The number of nitro benzene ring substituents is 1. The molecule has 2 aromatic rings. The zero-order chi connectivity index (χ0) is 16.1. The lowest BCUT2D eigenvalue weighted by Gasteiger charge is -2.08. The van der Waals surface area contributed by atoms with Crippen molar-refractivity contribution in [2.45, 2.75) is 0 Å². The number of carbonyl (C=O) groups excluding carboxylic acids is 1. The van der Waals surface area contributed by atoms with Gasteiger partial charge in [-0.2, -0.15) is 0 Å². The van der Waals surface area contributed by atoms with E-state index >= 15 is 0 Å². The maximum absolute atomic E-state index is 12.1. The van der Waals surface area contributed by atoms with E-state index in [4.69, 9.17) is 4.74 Å². The highest BCUT2D eigenvalue weighted by Gasteiger charge is 2.09. The van der Waals surface area contributed by atoms with E-state index in [-0.39, 0.29) is 18.0 Å². The predicted octanol–water partition coefficient (Wildman–Crippen LogP) is 3.66. The minimum atomic E-state index is -0.468. The van der Waals surface area contributed by atoms with Gasteiger partial charge in [0.2, 0.25) is 0 Å². The highest BCUT2D eigenvalue weighted by atomic mass is 79.9. The number of halogens is 1. The number of anilines is 1. The summed E-state index contributed by atoms with van der Waals surface area (Å²) in [6.07, 6.45) is 0. The summed E-state index contributed by atoms with van der Waals surface area (Å²) in [4.78, 5) is 22.2. The van der Waals surface area contributed by atoms with Gasteiger partial charge in [-0.3, -0.25) is 14.9 Å². The molecule has 0 radical (unpaired) electrons. The molecule has 0 spiro atoms. The molecule has 0 aliphatic carbocycles. The van der Waals surface area contributed by atoms with Gasteiger partial charge >= 0.3 is 0 Å². The Morgan fingerprint density at radius 2 is 1.95 bits per heavy atom. The van der Waals surface area contributed by atoms with Gasteiger partial charge in [-0.1, -0.05) is 0 Å². The number of rotatable bonds is 6. The van der Waals surface area contributed by atoms with Crippen LogP contribution in [0.15, 0.2) is 46.9 Å². The first-order chi connectivity index (χ1) is 10.5. The monoisotopic (exact) mass is 364 g/mol. The lowest BCUT2D eigenvalue weighted by molar-refractivity contribution is -0.384. The summed E-state index contributed by atoms with van der Waals surface area (Å²) >= 11 is 3.33. The van der Waals surface area contributed by atoms with Gasteiger partial charge in [0.15, 0.2) is 5.78 Å². The number of Topliss-reactive ketones (excluding diaryl/α,β-unsaturated/α-hetero) is 1. The molecule has 0 amide bonds. The number of nitrogens with zero attached hydrogens (tertiary/aromatic N) is 1. The molecule has 0 aliphatic rings. The maximum atomic E-state index is 12.1. The first kappa shape index (κ1) is 16.0. The van der Waals surface area contributed by atoms with Crippen LogP contribution in [-0.2, 0) is 0 Å². The van der Waals surface area contributed by atoms with Crippen LogP contribution >= 0.6 is 15.9 Å². The number of nitro groups is 1. The van der Waals surface area contributed by atoms with E-state index in [9.17, 15) is 14.9 Å². The van der Waals surface area contributed by atoms with Crippen LogP contribution in [0.2, 0.25) is 0 Å². The van der Waals surface area contributed by atoms with Gasteiger partial charge in [0.25, 0.3) is 5.69 Å². The number of methoxy groups -OCH3 is 1. The Morgan fingerprint density at radius 1 is 1.27 bits per heavy atom. The average molecular weight is 365 g/mol. The molecule has 0 saturated carbocycles. The lowest BCUT2D eigenvalue weighted by Crippen LogP contribution is -2.14. The second-order valence-electron chi connectivity index (χ2n) is 4.43. The van der Waals surface area contributed by atoms with Gasteiger partial charge in [0.1, 0.15) is 5.75 Å². The topological polar surface area (TPSA) is 81.5 Å². The molecule has 114 valence electrons. The van der Waals surface area contributed by atoms with Crippen molar-refractivity contribution >= 4 is 33.1 Å². The number of nitrogens with one attached hydrogen (secondary N) is 1. The van der Waals surface area contributed by atoms with Crippen LogP contribution in [0, 0.1) is 10.1 Å². The minimum Gasteiger partial charge on any atom is -0.496 e. The lowest BCUT2D eigenvalue weighted by atomic mass is 10.1. The summed E-state index contributed by atoms with van der Waals surface area (Å²) in [5.74, 6) is 0.557. The summed E-state index contributed by atoms with van der Waals surface area (Å²) in [7, 11) is 1.55. The van der Waals surface area contributed by atoms with Crippen molar-refractivity contribution in [1.29, 1.82) is 0 Å². The minimum absolute atomic E-state index is 0.0101. The molecule has 0 bridgehead atoms. The number of benzene rings is 2. The first-order valence-corrected chi connectivity index (χ1v) is 7.15. The van der Waals surface area contributed by atoms with Gasteiger partial charge in [-0.05, 0) is 46.3 Å². The number of hydrogen-bond donors (Lipinski definition) is 1. The Labute approximate surface area is 135 Å². The molecular weight excluding hydrogens is 352 g/mol. The van der Waals surface area contributed by atoms with Crippen LogP contribution < -0.4 is 10.1 Å². The van der Waals surface area contributed by atoms with Gasteiger partial charge in [-0.15, -0.1) is 0 Å². The van der Waals surface area contributed by atoms with Crippen molar-refractivity contribution in [3.63, 3.8) is 0 Å². The van der Waals surface area contributed by atoms with Crippen molar-refractivity contribution in [3.8, 4) is 5.75 Å². The molecule has 6 nitrogen and oxygen atoms in total. The van der Waals surface area contributed by atoms with Crippen molar-refractivity contribution in [2.24, 2.45) is 0 Å². The smallest absolute Gasteiger partial charge is 0.269 e. The van der Waals surface area contributed by atoms with Crippen LogP contribution in [0.4, 0.5) is 11.4 Å². The number of carbonyl (C=O) groups is 1. The summed E-state index contributed by atoms with van der Waals surface area (Å²) in [6, 6.07) is 11.0. The summed E-state index contributed by atoms with van der Waals surface area (Å²) in [5, 5.41) is 13.5. The second-order valence-corrected chi connectivity index (χ2v) is 5.28. The van der Waals surface area contributed by atoms with E-state index < -0.39 is 4.92 Å². The van der Waals surface area contributed by atoms with Crippen molar-refractivity contribution in [3.05, 3.63) is 62.6 Å². The van der Waals surface area contributed by atoms with Gasteiger partial charge in [-0.25, -0.2) is 0 Å². The molecule has 0 heterocycles. The highest BCUT2D eigenvalue weighted by molar-refractivity contribution is 9.10. The molecule has 0 atom stereocenters.